The van der Waals surface area contributed by atoms with E-state index in [4.69, 9.17) is 19.0 Å². The maximum atomic E-state index is 12.6. The summed E-state index contributed by atoms with van der Waals surface area (Å²) in [5, 5.41) is 19.5. The van der Waals surface area contributed by atoms with E-state index in [0.29, 0.717) is 5.76 Å². The highest BCUT2D eigenvalue weighted by molar-refractivity contribution is 5.89. The average Bonchev–Trinajstić information content (AvgIpc) is 2.66. The first-order valence-electron chi connectivity index (χ1n) is 8.02. The Morgan fingerprint density at radius 1 is 1.15 bits per heavy atom. The van der Waals surface area contributed by atoms with Crippen molar-refractivity contribution in [3.05, 3.63) is 65.3 Å². The molecule has 26 heavy (non-hydrogen) atoms. The molecule has 0 aliphatic rings. The van der Waals surface area contributed by atoms with Crippen LogP contribution in [0, 0.1) is 0 Å². The Morgan fingerprint density at radius 2 is 1.92 bits per heavy atom. The van der Waals surface area contributed by atoms with Crippen molar-refractivity contribution in [3.8, 4) is 28.6 Å². The van der Waals surface area contributed by atoms with Crippen LogP contribution in [0.3, 0.4) is 0 Å². The van der Waals surface area contributed by atoms with E-state index < -0.39 is 5.43 Å². The highest BCUT2D eigenvalue weighted by atomic mass is 16.5. The van der Waals surface area contributed by atoms with Crippen LogP contribution in [0.2, 0.25) is 0 Å². The molecule has 0 saturated carbocycles. The van der Waals surface area contributed by atoms with Crippen molar-refractivity contribution in [1.82, 2.24) is 0 Å². The van der Waals surface area contributed by atoms with E-state index in [0.717, 1.165) is 5.56 Å². The lowest BCUT2D eigenvalue weighted by Gasteiger charge is -2.14. The van der Waals surface area contributed by atoms with Gasteiger partial charge in [-0.3, -0.25) is 4.79 Å². The van der Waals surface area contributed by atoms with Crippen molar-refractivity contribution in [2.75, 3.05) is 19.8 Å². The summed E-state index contributed by atoms with van der Waals surface area (Å²) in [6.07, 6.45) is 1.54. The molecule has 0 radical (unpaired) electrons. The van der Waals surface area contributed by atoms with Gasteiger partial charge in [-0.2, -0.15) is 0 Å². The molecule has 0 atom stereocenters. The summed E-state index contributed by atoms with van der Waals surface area (Å²) < 4.78 is 16.7. The van der Waals surface area contributed by atoms with Crippen molar-refractivity contribution in [3.63, 3.8) is 0 Å². The van der Waals surface area contributed by atoms with Crippen molar-refractivity contribution in [2.24, 2.45) is 0 Å². The number of hydrogen-bond acceptors (Lipinski definition) is 6. The summed E-state index contributed by atoms with van der Waals surface area (Å²) in [6, 6.07) is 12.0. The number of benzene rings is 2. The first kappa shape index (κ1) is 17.6. The van der Waals surface area contributed by atoms with Crippen LogP contribution in [0.4, 0.5) is 0 Å². The molecule has 0 saturated heterocycles. The summed E-state index contributed by atoms with van der Waals surface area (Å²) in [5.74, 6) is 0.162. The zero-order chi connectivity index (χ0) is 18.5. The maximum Gasteiger partial charge on any atom is 0.204 e. The molecule has 0 amide bonds. The normalized spacial score (nSPS) is 10.7. The summed E-state index contributed by atoms with van der Waals surface area (Å²) in [4.78, 5) is 12.6. The third-order valence-corrected chi connectivity index (χ3v) is 3.67. The fourth-order valence-electron chi connectivity index (χ4n) is 2.55. The lowest BCUT2D eigenvalue weighted by atomic mass is 10.1. The summed E-state index contributed by atoms with van der Waals surface area (Å²) in [6.45, 7) is 3.44. The minimum atomic E-state index is -0.410. The van der Waals surface area contributed by atoms with E-state index in [-0.39, 0.29) is 48.0 Å². The average molecular weight is 354 g/mol. The van der Waals surface area contributed by atoms with Gasteiger partial charge in [-0.05, 0) is 0 Å². The lowest BCUT2D eigenvalue weighted by Crippen LogP contribution is -2.07. The SMILES string of the molecule is C=CCOc1cc2oc(-c3ccccc3)cc(=O)c2c(O)c1OCCO. The highest BCUT2D eigenvalue weighted by Gasteiger charge is 2.20. The van der Waals surface area contributed by atoms with Gasteiger partial charge in [0.25, 0.3) is 0 Å². The second-order valence-electron chi connectivity index (χ2n) is 5.44. The minimum absolute atomic E-state index is 0.0106. The van der Waals surface area contributed by atoms with E-state index >= 15 is 0 Å². The van der Waals surface area contributed by atoms with Gasteiger partial charge >= 0.3 is 0 Å². The number of ether oxygens (including phenoxy) is 2. The molecule has 2 aromatic carbocycles. The molecule has 3 rings (SSSR count). The zero-order valence-electron chi connectivity index (χ0n) is 14.0. The van der Waals surface area contributed by atoms with E-state index in [1.165, 1.54) is 18.2 Å². The molecular weight excluding hydrogens is 336 g/mol. The Balaban J connectivity index is 2.21. The van der Waals surface area contributed by atoms with Crippen LogP contribution in [0.1, 0.15) is 0 Å². The van der Waals surface area contributed by atoms with Gasteiger partial charge in [0.2, 0.25) is 5.75 Å². The Labute approximate surface area is 149 Å². The molecule has 1 aromatic heterocycles. The van der Waals surface area contributed by atoms with Crippen molar-refractivity contribution in [1.29, 1.82) is 0 Å². The minimum Gasteiger partial charge on any atom is -0.504 e. The number of aliphatic hydroxyl groups is 1. The first-order valence-corrected chi connectivity index (χ1v) is 8.02. The quantitative estimate of drug-likeness (QED) is 0.634. The molecule has 0 fully saturated rings. The predicted molar refractivity (Wildman–Crippen MR) is 97.9 cm³/mol. The van der Waals surface area contributed by atoms with Gasteiger partial charge in [0, 0.05) is 17.7 Å². The molecule has 134 valence electrons. The molecule has 6 nitrogen and oxygen atoms in total. The molecule has 0 aliphatic heterocycles. The van der Waals surface area contributed by atoms with Gasteiger partial charge in [0.05, 0.1) is 6.61 Å². The van der Waals surface area contributed by atoms with E-state index in [9.17, 15) is 9.90 Å². The van der Waals surface area contributed by atoms with Gasteiger partial charge in [0.1, 0.15) is 29.9 Å². The fourth-order valence-corrected chi connectivity index (χ4v) is 2.55. The Kier molecular flexibility index (Phi) is 5.24. The molecule has 6 heteroatoms. The monoisotopic (exact) mass is 354 g/mol. The van der Waals surface area contributed by atoms with Crippen LogP contribution < -0.4 is 14.9 Å². The molecule has 1 heterocycles. The predicted octanol–water partition coefficient (Wildman–Crippen LogP) is 3.10. The highest BCUT2D eigenvalue weighted by Crippen LogP contribution is 2.42. The van der Waals surface area contributed by atoms with Crippen LogP contribution in [0.15, 0.2) is 64.3 Å². The Bertz CT molecular complexity index is 975. The number of phenols is 1. The van der Waals surface area contributed by atoms with Gasteiger partial charge < -0.3 is 24.1 Å². The summed E-state index contributed by atoms with van der Waals surface area (Å²) >= 11 is 0. The molecule has 0 spiro atoms. The number of hydrogen-bond donors (Lipinski definition) is 2. The van der Waals surface area contributed by atoms with Crippen LogP contribution >= 0.6 is 0 Å². The zero-order valence-corrected chi connectivity index (χ0v) is 14.0. The van der Waals surface area contributed by atoms with E-state index in [2.05, 4.69) is 6.58 Å². The number of rotatable bonds is 7. The third-order valence-electron chi connectivity index (χ3n) is 3.67. The fraction of sp³-hybridized carbons (Fsp3) is 0.150. The molecule has 0 aliphatic carbocycles. The van der Waals surface area contributed by atoms with E-state index in [1.807, 2.05) is 30.3 Å². The topological polar surface area (TPSA) is 89.1 Å². The van der Waals surface area contributed by atoms with Crippen LogP contribution in [-0.4, -0.2) is 30.0 Å². The van der Waals surface area contributed by atoms with Crippen molar-refractivity contribution < 1.29 is 24.1 Å². The standard InChI is InChI=1S/C20H18O6/c1-2-9-24-17-12-16-18(19(23)20(17)25-10-8-21)14(22)11-15(26-16)13-6-4-3-5-7-13/h2-7,11-12,21,23H,1,8-10H2. The van der Waals surface area contributed by atoms with Gasteiger partial charge in [-0.15, -0.1) is 0 Å². The number of fused-ring (bicyclic) bond motifs is 1. The Hall–Kier alpha value is -3.25. The molecule has 0 unspecified atom stereocenters. The summed E-state index contributed by atoms with van der Waals surface area (Å²) in [7, 11) is 0. The van der Waals surface area contributed by atoms with Crippen LogP contribution in [0.5, 0.6) is 17.2 Å². The van der Waals surface area contributed by atoms with Gasteiger partial charge in [-0.1, -0.05) is 43.0 Å². The molecule has 3 aromatic rings. The van der Waals surface area contributed by atoms with Gasteiger partial charge in [0.15, 0.2) is 16.9 Å². The van der Waals surface area contributed by atoms with E-state index in [1.54, 1.807) is 0 Å². The molecule has 2 N–H and O–H groups in total. The maximum absolute atomic E-state index is 12.6. The summed E-state index contributed by atoms with van der Waals surface area (Å²) in [5.41, 5.74) is 0.496. The second kappa shape index (κ2) is 7.76. The third kappa shape index (κ3) is 3.41. The Morgan fingerprint density at radius 3 is 2.62 bits per heavy atom. The van der Waals surface area contributed by atoms with Crippen molar-refractivity contribution >= 4 is 11.0 Å². The smallest absolute Gasteiger partial charge is 0.204 e. The van der Waals surface area contributed by atoms with Crippen LogP contribution in [-0.2, 0) is 0 Å². The number of aromatic hydroxyl groups is 1. The number of aliphatic hydroxyl groups excluding tert-OH is 1. The van der Waals surface area contributed by atoms with Gasteiger partial charge in [-0.25, -0.2) is 0 Å². The largest absolute Gasteiger partial charge is 0.504 e. The number of phenolic OH excluding ortho intramolecular Hbond substituents is 1. The lowest BCUT2D eigenvalue weighted by molar-refractivity contribution is 0.191. The molecule has 0 bridgehead atoms. The van der Waals surface area contributed by atoms with Crippen molar-refractivity contribution in [2.45, 2.75) is 0 Å². The van der Waals surface area contributed by atoms with Crippen LogP contribution in [0.25, 0.3) is 22.3 Å². The second-order valence-corrected chi connectivity index (χ2v) is 5.44. The molecular formula is C20H18O6. The first-order chi connectivity index (χ1) is 12.7.